The fourth-order valence-corrected chi connectivity index (χ4v) is 9.67. The van der Waals surface area contributed by atoms with Crippen molar-refractivity contribution in [1.82, 2.24) is 0 Å². The number of hydrogen-bond donors (Lipinski definition) is 0. The van der Waals surface area contributed by atoms with Gasteiger partial charge in [-0.2, -0.15) is 0 Å². The van der Waals surface area contributed by atoms with Crippen LogP contribution in [0.15, 0.2) is 158 Å². The summed E-state index contributed by atoms with van der Waals surface area (Å²) in [7, 11) is 6.82. The SMILES string of the molecule is PC(c1ccccc1)(c1ccccc1)C1C2CCC(C2)C1C(P)(c1ccccc1)c1ccccc1.c1ccccc1. The van der Waals surface area contributed by atoms with E-state index in [4.69, 9.17) is 0 Å². The van der Waals surface area contributed by atoms with Crippen LogP contribution in [0.1, 0.15) is 41.5 Å². The number of benzene rings is 5. The lowest BCUT2D eigenvalue weighted by Gasteiger charge is -2.52. The van der Waals surface area contributed by atoms with E-state index in [1.165, 1.54) is 41.5 Å². The van der Waals surface area contributed by atoms with Gasteiger partial charge in [0.2, 0.25) is 0 Å². The minimum Gasteiger partial charge on any atom is -0.121 e. The summed E-state index contributed by atoms with van der Waals surface area (Å²) in [6.07, 6.45) is 4.01. The summed E-state index contributed by atoms with van der Waals surface area (Å²) in [4.78, 5) is 0. The molecule has 6 unspecified atom stereocenters. The molecule has 2 heteroatoms. The van der Waals surface area contributed by atoms with E-state index in [1.54, 1.807) is 0 Å². The molecule has 2 aliphatic rings. The fourth-order valence-electron chi connectivity index (χ4n) is 7.95. The summed E-state index contributed by atoms with van der Waals surface area (Å²) in [5.41, 5.74) is 5.64. The molecule has 206 valence electrons. The number of fused-ring (bicyclic) bond motifs is 2. The zero-order valence-electron chi connectivity index (χ0n) is 23.6. The highest BCUT2D eigenvalue weighted by atomic mass is 31.0. The Kier molecular flexibility index (Phi) is 8.53. The topological polar surface area (TPSA) is 0 Å². The van der Waals surface area contributed by atoms with Crippen molar-refractivity contribution in [1.29, 1.82) is 0 Å². The highest BCUT2D eigenvalue weighted by molar-refractivity contribution is 7.19. The molecule has 7 rings (SSSR count). The Labute approximate surface area is 251 Å². The number of hydrogen-bond acceptors (Lipinski definition) is 0. The van der Waals surface area contributed by atoms with Crippen molar-refractivity contribution < 1.29 is 0 Å². The highest BCUT2D eigenvalue weighted by Crippen LogP contribution is 2.69. The number of rotatable bonds is 6. The summed E-state index contributed by atoms with van der Waals surface area (Å²) in [5.74, 6) is 2.45. The molecule has 2 saturated carbocycles. The molecule has 0 heterocycles. The van der Waals surface area contributed by atoms with E-state index in [1.807, 2.05) is 36.4 Å². The van der Waals surface area contributed by atoms with Crippen LogP contribution in [0.3, 0.4) is 0 Å². The molecular weight excluding hydrogens is 530 g/mol. The van der Waals surface area contributed by atoms with Crippen LogP contribution in [-0.4, -0.2) is 0 Å². The Morgan fingerprint density at radius 3 is 0.829 bits per heavy atom. The molecule has 0 amide bonds. The van der Waals surface area contributed by atoms with E-state index in [9.17, 15) is 0 Å². The van der Waals surface area contributed by atoms with Crippen LogP contribution in [0, 0.1) is 23.7 Å². The smallest absolute Gasteiger partial charge is 0.0378 e. The van der Waals surface area contributed by atoms with Crippen molar-refractivity contribution in [2.75, 3.05) is 0 Å². The van der Waals surface area contributed by atoms with Gasteiger partial charge in [0.05, 0.1) is 0 Å². The van der Waals surface area contributed by atoms with Crippen molar-refractivity contribution in [2.24, 2.45) is 23.7 Å². The third-order valence-corrected chi connectivity index (χ3v) is 11.7. The van der Waals surface area contributed by atoms with Gasteiger partial charge in [-0.1, -0.05) is 158 Å². The molecule has 0 N–H and O–H groups in total. The van der Waals surface area contributed by atoms with Crippen molar-refractivity contribution in [3.05, 3.63) is 180 Å². The zero-order chi connectivity index (χ0) is 28.1. The lowest BCUT2D eigenvalue weighted by Crippen LogP contribution is -2.46. The molecule has 5 aromatic rings. The normalized spacial score (nSPS) is 21.6. The maximum absolute atomic E-state index is 3.41. The summed E-state index contributed by atoms with van der Waals surface area (Å²) in [6, 6.07) is 57.0. The Balaban J connectivity index is 0.000000449. The lowest BCUT2D eigenvalue weighted by atomic mass is 9.60. The zero-order valence-corrected chi connectivity index (χ0v) is 25.9. The van der Waals surface area contributed by atoms with Crippen LogP contribution < -0.4 is 0 Å². The average molecular weight is 571 g/mol. The Bertz CT molecular complexity index is 1280. The van der Waals surface area contributed by atoms with Gasteiger partial charge in [-0.3, -0.25) is 0 Å². The van der Waals surface area contributed by atoms with Crippen molar-refractivity contribution >= 4 is 18.5 Å². The van der Waals surface area contributed by atoms with Gasteiger partial charge in [-0.05, 0) is 65.2 Å². The molecule has 5 aromatic carbocycles. The highest BCUT2D eigenvalue weighted by Gasteiger charge is 2.61. The Morgan fingerprint density at radius 1 is 0.366 bits per heavy atom. The maximum atomic E-state index is 3.41. The maximum Gasteiger partial charge on any atom is 0.0378 e. The first-order chi connectivity index (χ1) is 20.1. The second-order valence-corrected chi connectivity index (χ2v) is 13.6. The van der Waals surface area contributed by atoms with Gasteiger partial charge in [0, 0.05) is 10.3 Å². The van der Waals surface area contributed by atoms with Crippen LogP contribution in [-0.2, 0) is 10.3 Å². The van der Waals surface area contributed by atoms with E-state index in [0.29, 0.717) is 11.8 Å². The third-order valence-electron chi connectivity index (χ3n) is 9.64. The van der Waals surface area contributed by atoms with Crippen molar-refractivity contribution in [3.8, 4) is 0 Å². The van der Waals surface area contributed by atoms with E-state index >= 15 is 0 Å². The quantitative estimate of drug-likeness (QED) is 0.178. The monoisotopic (exact) mass is 570 g/mol. The molecule has 0 radical (unpaired) electrons. The third kappa shape index (κ3) is 5.34. The van der Waals surface area contributed by atoms with Crippen LogP contribution in [0.25, 0.3) is 0 Å². The largest absolute Gasteiger partial charge is 0.121 e. The van der Waals surface area contributed by atoms with E-state index < -0.39 is 0 Å². The molecule has 2 bridgehead atoms. The molecular formula is C39H40P2. The van der Waals surface area contributed by atoms with Gasteiger partial charge in [-0.15, -0.1) is 18.5 Å². The molecule has 2 aliphatic carbocycles. The van der Waals surface area contributed by atoms with Gasteiger partial charge in [0.1, 0.15) is 0 Å². The van der Waals surface area contributed by atoms with Gasteiger partial charge in [0.25, 0.3) is 0 Å². The van der Waals surface area contributed by atoms with E-state index in [0.717, 1.165) is 11.8 Å². The standard InChI is InChI=1S/C33H34P2.C6H6/c34-32(26-13-5-1-6-14-26,27-15-7-2-8-16-27)30-24-21-22-25(23-24)31(30)33(35,28-17-9-3-10-18-28)29-19-11-4-12-20-29;1-2-4-6-5-3-1/h1-20,24-25,30-31H,21-23,34-35H2;1-6H. The van der Waals surface area contributed by atoms with E-state index in [-0.39, 0.29) is 10.3 Å². The summed E-state index contributed by atoms with van der Waals surface area (Å²) in [5, 5.41) is -0.281. The van der Waals surface area contributed by atoms with Crippen LogP contribution in [0.4, 0.5) is 0 Å². The molecule has 0 spiro atoms. The average Bonchev–Trinajstić information content (AvgIpc) is 3.70. The summed E-state index contributed by atoms with van der Waals surface area (Å²) in [6.45, 7) is 0. The molecule has 0 aromatic heterocycles. The molecule has 0 nitrogen and oxygen atoms in total. The Hall–Kier alpha value is -3.04. The fraction of sp³-hybridized carbons (Fsp3) is 0.231. The molecule has 6 atom stereocenters. The van der Waals surface area contributed by atoms with Crippen molar-refractivity contribution in [2.45, 2.75) is 29.6 Å². The van der Waals surface area contributed by atoms with Gasteiger partial charge in [-0.25, -0.2) is 0 Å². The minimum atomic E-state index is -0.140. The molecule has 0 saturated heterocycles. The minimum absolute atomic E-state index is 0.140. The van der Waals surface area contributed by atoms with Gasteiger partial charge in [0.15, 0.2) is 0 Å². The predicted molar refractivity (Wildman–Crippen MR) is 181 cm³/mol. The van der Waals surface area contributed by atoms with Crippen LogP contribution >= 0.6 is 18.5 Å². The molecule has 2 fully saturated rings. The second kappa shape index (κ2) is 12.4. The summed E-state index contributed by atoms with van der Waals surface area (Å²) >= 11 is 0. The second-order valence-electron chi connectivity index (χ2n) is 11.7. The van der Waals surface area contributed by atoms with Crippen LogP contribution in [0.2, 0.25) is 0 Å². The van der Waals surface area contributed by atoms with Crippen LogP contribution in [0.5, 0.6) is 0 Å². The Morgan fingerprint density at radius 2 is 0.585 bits per heavy atom. The van der Waals surface area contributed by atoms with E-state index in [2.05, 4.69) is 140 Å². The predicted octanol–water partition coefficient (Wildman–Crippen LogP) is 9.97. The van der Waals surface area contributed by atoms with Gasteiger partial charge >= 0.3 is 0 Å². The van der Waals surface area contributed by atoms with Gasteiger partial charge < -0.3 is 0 Å². The first-order valence-corrected chi connectivity index (χ1v) is 16.1. The van der Waals surface area contributed by atoms with Crippen molar-refractivity contribution in [3.63, 3.8) is 0 Å². The lowest BCUT2D eigenvalue weighted by molar-refractivity contribution is 0.154. The first kappa shape index (κ1) is 28.1. The molecule has 41 heavy (non-hydrogen) atoms. The summed E-state index contributed by atoms with van der Waals surface area (Å²) < 4.78 is 0. The molecule has 0 aliphatic heterocycles. The first-order valence-electron chi connectivity index (χ1n) is 14.9.